The Balaban J connectivity index is 2.79. The molecule has 23 heavy (non-hydrogen) atoms. The van der Waals surface area contributed by atoms with Gasteiger partial charge in [0.1, 0.15) is 0 Å². The minimum absolute atomic E-state index is 0.197. The molecule has 2 aromatic heterocycles. The molecule has 0 aromatic carbocycles. The lowest BCUT2D eigenvalue weighted by Gasteiger charge is -2.16. The predicted octanol–water partition coefficient (Wildman–Crippen LogP) is 1.25. The number of imidazole rings is 1. The Morgan fingerprint density at radius 1 is 1.39 bits per heavy atom. The Labute approximate surface area is 149 Å². The number of hydrogen-bond acceptors (Lipinski definition) is 4. The van der Waals surface area contributed by atoms with Crippen molar-refractivity contribution in [2.75, 3.05) is 0 Å². The Hall–Kier alpha value is -1.89. The molecule has 0 spiro atoms. The average Bonchev–Trinajstić information content (AvgIpc) is 3.03. The van der Waals surface area contributed by atoms with Crippen molar-refractivity contribution in [1.29, 1.82) is 0 Å². The zero-order valence-corrected chi connectivity index (χ0v) is 13.0. The molecule has 128 valence electrons. The van der Waals surface area contributed by atoms with Crippen molar-refractivity contribution in [2.45, 2.75) is 65.0 Å². The lowest BCUT2D eigenvalue weighted by molar-refractivity contribution is 0.0678. The van der Waals surface area contributed by atoms with E-state index in [4.69, 9.17) is 13.7 Å². The summed E-state index contributed by atoms with van der Waals surface area (Å²) in [6, 6.07) is 0. The first kappa shape index (κ1) is 8.28. The largest absolute Gasteiger partial charge is 0.390 e. The zero-order valence-electron chi connectivity index (χ0n) is 23.0. The van der Waals surface area contributed by atoms with Crippen LogP contribution in [0.4, 0.5) is 0 Å². The van der Waals surface area contributed by atoms with Gasteiger partial charge in [-0.25, -0.2) is 9.78 Å². The number of aromatic nitrogens is 4. The number of rotatable bonds is 7. The van der Waals surface area contributed by atoms with Crippen molar-refractivity contribution in [3.8, 4) is 0 Å². The molecule has 7 nitrogen and oxygen atoms in total. The molecule has 0 aliphatic carbocycles. The van der Waals surface area contributed by atoms with Gasteiger partial charge in [0.2, 0.25) is 0 Å². The van der Waals surface area contributed by atoms with E-state index in [-0.39, 0.29) is 17.5 Å². The SMILES string of the molecule is [2H]C([2H])([2H])n1c(=O)n(CCCCC(C)(C)O)c(=O)c2c1ncn2C([2H])([2H])C([2H])([2H])C([2H])([2H])[2H]. The van der Waals surface area contributed by atoms with Gasteiger partial charge in [0, 0.05) is 33.7 Å². The molecule has 2 rings (SSSR count). The highest BCUT2D eigenvalue weighted by atomic mass is 16.3. The van der Waals surface area contributed by atoms with Crippen LogP contribution in [0.5, 0.6) is 0 Å². The summed E-state index contributed by atoms with van der Waals surface area (Å²) in [5, 5.41) is 9.81. The standard InChI is InChI=1S/C16H26N4O3/c1-5-9-19-11-17-13-12(19)14(21)20(15(22)18(13)4)10-7-6-8-16(2,3)23/h11,23H,5-10H2,1-4H3/i1D3,4D3,5D2,9D2. The van der Waals surface area contributed by atoms with Gasteiger partial charge in [0.15, 0.2) is 11.2 Å². The summed E-state index contributed by atoms with van der Waals surface area (Å²) >= 11 is 0. The number of nitrogens with zero attached hydrogens (tertiary/aromatic N) is 4. The highest BCUT2D eigenvalue weighted by Gasteiger charge is 2.16. The van der Waals surface area contributed by atoms with Crippen molar-refractivity contribution in [2.24, 2.45) is 6.98 Å². The van der Waals surface area contributed by atoms with Crippen LogP contribution >= 0.6 is 0 Å². The van der Waals surface area contributed by atoms with E-state index in [0.29, 0.717) is 28.3 Å². The van der Waals surface area contributed by atoms with E-state index in [1.54, 1.807) is 13.8 Å². The quantitative estimate of drug-likeness (QED) is 0.774. The summed E-state index contributed by atoms with van der Waals surface area (Å²) in [6.45, 7) is -7.03. The number of aryl methyl sites for hydroxylation is 2. The molecule has 0 saturated carbocycles. The summed E-state index contributed by atoms with van der Waals surface area (Å²) < 4.78 is 78.3. The summed E-state index contributed by atoms with van der Waals surface area (Å²) in [6.07, 6.45) is -1.99. The molecule has 0 fully saturated rings. The van der Waals surface area contributed by atoms with Crippen molar-refractivity contribution in [3.05, 3.63) is 27.2 Å². The third-order valence-corrected chi connectivity index (χ3v) is 3.43. The molecule has 0 unspecified atom stereocenters. The van der Waals surface area contributed by atoms with Gasteiger partial charge in [-0.1, -0.05) is 6.85 Å². The molecule has 7 heteroatoms. The fraction of sp³-hybridized carbons (Fsp3) is 0.688. The molecule has 0 atom stereocenters. The maximum absolute atomic E-state index is 13.2. The fourth-order valence-corrected chi connectivity index (χ4v) is 2.30. The van der Waals surface area contributed by atoms with Crippen LogP contribution in [0, 0.1) is 0 Å². The first-order valence-corrected chi connectivity index (χ1v) is 7.11. The second-order valence-electron chi connectivity index (χ2n) is 5.87. The van der Waals surface area contributed by atoms with E-state index < -0.39 is 54.7 Å². The van der Waals surface area contributed by atoms with Crippen molar-refractivity contribution >= 4 is 11.2 Å². The highest BCUT2D eigenvalue weighted by Crippen LogP contribution is 2.12. The van der Waals surface area contributed by atoms with E-state index in [1.165, 1.54) is 0 Å². The topological polar surface area (TPSA) is 82.0 Å². The number of hydrogen-bond donors (Lipinski definition) is 1. The Bertz CT molecular complexity index is 1140. The first-order chi connectivity index (χ1) is 14.6. The normalized spacial score (nSPS) is 21.0. The van der Waals surface area contributed by atoms with E-state index in [1.807, 2.05) is 0 Å². The lowest BCUT2D eigenvalue weighted by atomic mass is 10.0. The number of unbranched alkanes of at least 4 members (excludes halogenated alkanes) is 1. The van der Waals surface area contributed by atoms with Crippen LogP contribution in [-0.2, 0) is 20.0 Å². The van der Waals surface area contributed by atoms with Gasteiger partial charge in [-0.05, 0) is 39.5 Å². The van der Waals surface area contributed by atoms with Gasteiger partial charge in [0.05, 0.1) is 11.9 Å². The molecule has 0 radical (unpaired) electrons. The maximum Gasteiger partial charge on any atom is 0.332 e. The number of aliphatic hydroxyl groups is 1. The third-order valence-electron chi connectivity index (χ3n) is 3.43. The molecule has 2 heterocycles. The summed E-state index contributed by atoms with van der Waals surface area (Å²) in [5.41, 5.74) is -4.83. The van der Waals surface area contributed by atoms with Gasteiger partial charge in [0.25, 0.3) is 5.56 Å². The molecule has 0 amide bonds. The van der Waals surface area contributed by atoms with Gasteiger partial charge < -0.3 is 9.67 Å². The molecule has 0 bridgehead atoms. The molecular weight excluding hydrogens is 296 g/mol. The van der Waals surface area contributed by atoms with Gasteiger partial charge in [-0.15, -0.1) is 0 Å². The Morgan fingerprint density at radius 3 is 2.83 bits per heavy atom. The maximum atomic E-state index is 13.2. The monoisotopic (exact) mass is 332 g/mol. The molecule has 0 aliphatic heterocycles. The molecule has 1 N–H and O–H groups in total. The van der Waals surface area contributed by atoms with Crippen molar-refractivity contribution < 1.29 is 18.8 Å². The predicted molar refractivity (Wildman–Crippen MR) is 89.7 cm³/mol. The minimum Gasteiger partial charge on any atom is -0.390 e. The van der Waals surface area contributed by atoms with Crippen LogP contribution < -0.4 is 11.2 Å². The van der Waals surface area contributed by atoms with E-state index in [9.17, 15) is 14.7 Å². The molecule has 0 saturated heterocycles. The Kier molecular flexibility index (Phi) is 2.41. The van der Waals surface area contributed by atoms with Crippen LogP contribution in [0.3, 0.4) is 0 Å². The van der Waals surface area contributed by atoms with E-state index >= 15 is 0 Å². The summed E-state index contributed by atoms with van der Waals surface area (Å²) in [7, 11) is 0. The van der Waals surface area contributed by atoms with Gasteiger partial charge in [-0.3, -0.25) is 13.9 Å². The van der Waals surface area contributed by atoms with E-state index in [2.05, 4.69) is 4.98 Å². The first-order valence-electron chi connectivity index (χ1n) is 12.1. The lowest BCUT2D eigenvalue weighted by Crippen LogP contribution is -2.39. The van der Waals surface area contributed by atoms with Crippen LogP contribution in [0.15, 0.2) is 15.9 Å². The van der Waals surface area contributed by atoms with Crippen LogP contribution in [0.1, 0.15) is 60.0 Å². The van der Waals surface area contributed by atoms with E-state index in [0.717, 1.165) is 0 Å². The smallest absolute Gasteiger partial charge is 0.332 e. The second-order valence-corrected chi connectivity index (χ2v) is 5.87. The third kappa shape index (κ3) is 3.72. The second kappa shape index (κ2) is 6.70. The highest BCUT2D eigenvalue weighted by molar-refractivity contribution is 5.69. The molecule has 2 aromatic rings. The van der Waals surface area contributed by atoms with Crippen LogP contribution in [0.25, 0.3) is 11.2 Å². The average molecular weight is 332 g/mol. The summed E-state index contributed by atoms with van der Waals surface area (Å²) in [4.78, 5) is 29.7. The van der Waals surface area contributed by atoms with Crippen LogP contribution in [0.2, 0.25) is 0 Å². The fourth-order valence-electron chi connectivity index (χ4n) is 2.30. The zero-order chi connectivity index (χ0) is 25.8. The molecule has 0 aliphatic rings. The van der Waals surface area contributed by atoms with Crippen molar-refractivity contribution in [1.82, 2.24) is 18.7 Å². The van der Waals surface area contributed by atoms with Gasteiger partial charge in [-0.2, -0.15) is 0 Å². The Morgan fingerprint density at radius 2 is 2.17 bits per heavy atom. The van der Waals surface area contributed by atoms with Crippen molar-refractivity contribution in [3.63, 3.8) is 0 Å². The molecular formula is C16H26N4O3. The van der Waals surface area contributed by atoms with Crippen LogP contribution in [-0.4, -0.2) is 29.4 Å². The summed E-state index contributed by atoms with van der Waals surface area (Å²) in [5.74, 6) is 0. The minimum atomic E-state index is -3.50. The van der Waals surface area contributed by atoms with Gasteiger partial charge >= 0.3 is 5.69 Å². The number of fused-ring (bicyclic) bond motifs is 1.